The Morgan fingerprint density at radius 1 is 1.10 bits per heavy atom. The summed E-state index contributed by atoms with van der Waals surface area (Å²) >= 11 is 0. The number of carboxylic acid groups (broad SMARTS) is 1. The van der Waals surface area contributed by atoms with Crippen LogP contribution in [0.3, 0.4) is 0 Å². The third-order valence-electron chi connectivity index (χ3n) is 10.4. The highest BCUT2D eigenvalue weighted by Crippen LogP contribution is 2.68. The predicted molar refractivity (Wildman–Crippen MR) is 112 cm³/mol. The summed E-state index contributed by atoms with van der Waals surface area (Å²) in [7, 11) is 0. The van der Waals surface area contributed by atoms with E-state index in [4.69, 9.17) is 10.8 Å². The number of aliphatic hydroxyl groups excluding tert-OH is 2. The van der Waals surface area contributed by atoms with Crippen LogP contribution in [0.5, 0.6) is 0 Å². The van der Waals surface area contributed by atoms with Crippen molar-refractivity contribution in [2.45, 2.75) is 96.8 Å². The number of hydrogen-bond donors (Lipinski definition) is 4. The zero-order valence-corrected chi connectivity index (χ0v) is 18.4. The van der Waals surface area contributed by atoms with Gasteiger partial charge in [0.15, 0.2) is 0 Å². The van der Waals surface area contributed by atoms with Gasteiger partial charge in [0, 0.05) is 12.5 Å². The Balaban J connectivity index is 1.61. The largest absolute Gasteiger partial charge is 0.481 e. The van der Waals surface area contributed by atoms with Crippen molar-refractivity contribution < 1.29 is 20.1 Å². The molecule has 5 unspecified atom stereocenters. The number of nitrogens with two attached hydrogens (primary N) is 1. The highest BCUT2D eigenvalue weighted by atomic mass is 16.4. The normalized spacial score (nSPS) is 52.9. The van der Waals surface area contributed by atoms with Crippen molar-refractivity contribution in [2.24, 2.45) is 52.1 Å². The molecule has 4 aliphatic rings. The highest BCUT2D eigenvalue weighted by Gasteiger charge is 2.65. The lowest BCUT2D eigenvalue weighted by molar-refractivity contribution is -0.202. The Kier molecular flexibility index (Phi) is 5.57. The van der Waals surface area contributed by atoms with E-state index in [0.29, 0.717) is 30.1 Å². The molecule has 5 heteroatoms. The van der Waals surface area contributed by atoms with Crippen LogP contribution in [0.15, 0.2) is 0 Å². The van der Waals surface area contributed by atoms with E-state index in [1.807, 2.05) is 0 Å². The van der Waals surface area contributed by atoms with Gasteiger partial charge in [-0.2, -0.15) is 0 Å². The lowest BCUT2D eigenvalue weighted by Crippen LogP contribution is -2.62. The third kappa shape index (κ3) is 3.27. The van der Waals surface area contributed by atoms with Crippen LogP contribution in [0.25, 0.3) is 0 Å². The van der Waals surface area contributed by atoms with Crippen molar-refractivity contribution in [3.63, 3.8) is 0 Å². The number of carboxylic acids is 1. The molecule has 0 aliphatic heterocycles. The molecule has 11 atom stereocenters. The van der Waals surface area contributed by atoms with E-state index in [9.17, 15) is 15.0 Å². The maximum atomic E-state index is 11.5. The first kappa shape index (κ1) is 21.6. The van der Waals surface area contributed by atoms with Crippen LogP contribution < -0.4 is 5.73 Å². The summed E-state index contributed by atoms with van der Waals surface area (Å²) in [5.74, 6) is 1.30. The fraction of sp³-hybridized carbons (Fsp3) is 0.958. The van der Waals surface area contributed by atoms with Gasteiger partial charge in [-0.15, -0.1) is 0 Å². The molecule has 4 rings (SSSR count). The van der Waals surface area contributed by atoms with E-state index in [-0.39, 0.29) is 47.3 Å². The van der Waals surface area contributed by atoms with Crippen LogP contribution in [-0.2, 0) is 4.79 Å². The minimum Gasteiger partial charge on any atom is -0.481 e. The van der Waals surface area contributed by atoms with E-state index < -0.39 is 5.97 Å². The number of aliphatic carboxylic acids is 1. The van der Waals surface area contributed by atoms with E-state index in [1.165, 1.54) is 0 Å². The molecule has 166 valence electrons. The highest BCUT2D eigenvalue weighted by molar-refractivity contribution is 5.66. The van der Waals surface area contributed by atoms with Crippen molar-refractivity contribution in [3.8, 4) is 0 Å². The summed E-state index contributed by atoms with van der Waals surface area (Å²) in [6.07, 6.45) is 7.09. The van der Waals surface area contributed by atoms with Gasteiger partial charge in [0.1, 0.15) is 0 Å². The Bertz CT molecular complexity index is 640. The molecular weight excluding hydrogens is 366 g/mol. The van der Waals surface area contributed by atoms with Gasteiger partial charge in [-0.05, 0) is 97.7 Å². The molecule has 0 bridgehead atoms. The second kappa shape index (κ2) is 7.49. The first-order chi connectivity index (χ1) is 13.6. The molecule has 4 saturated carbocycles. The minimum atomic E-state index is -0.738. The molecular formula is C24H41NO4. The average Bonchev–Trinajstić information content (AvgIpc) is 3.01. The van der Waals surface area contributed by atoms with Crippen LogP contribution in [0.1, 0.15) is 78.6 Å². The van der Waals surface area contributed by atoms with Crippen LogP contribution in [0.4, 0.5) is 0 Å². The second-order valence-electron chi connectivity index (χ2n) is 11.5. The minimum absolute atomic E-state index is 0.176. The molecule has 4 aliphatic carbocycles. The Hall–Kier alpha value is -0.650. The summed E-state index contributed by atoms with van der Waals surface area (Å²) in [6, 6.07) is 0.251. The smallest absolute Gasteiger partial charge is 0.303 e. The Morgan fingerprint density at radius 2 is 1.83 bits per heavy atom. The molecule has 0 saturated heterocycles. The van der Waals surface area contributed by atoms with Crippen LogP contribution >= 0.6 is 0 Å². The molecule has 0 radical (unpaired) electrons. The molecule has 5 N–H and O–H groups in total. The second-order valence-corrected chi connectivity index (χ2v) is 11.5. The maximum absolute atomic E-state index is 11.5. The first-order valence-corrected chi connectivity index (χ1v) is 11.9. The van der Waals surface area contributed by atoms with Gasteiger partial charge in [0.25, 0.3) is 0 Å². The van der Waals surface area contributed by atoms with Crippen molar-refractivity contribution in [1.82, 2.24) is 0 Å². The monoisotopic (exact) mass is 407 g/mol. The third-order valence-corrected chi connectivity index (χ3v) is 10.4. The van der Waals surface area contributed by atoms with Crippen molar-refractivity contribution in [2.75, 3.05) is 0 Å². The average molecular weight is 408 g/mol. The molecule has 0 aromatic rings. The number of fused-ring (bicyclic) bond motifs is 5. The number of hydrogen-bond acceptors (Lipinski definition) is 4. The van der Waals surface area contributed by atoms with Crippen LogP contribution in [0.2, 0.25) is 0 Å². The van der Waals surface area contributed by atoms with Crippen molar-refractivity contribution in [1.29, 1.82) is 0 Å². The van der Waals surface area contributed by atoms with Gasteiger partial charge in [0.2, 0.25) is 0 Å². The lowest BCUT2D eigenvalue weighted by Gasteiger charge is -2.63. The quantitative estimate of drug-likeness (QED) is 0.572. The molecule has 0 amide bonds. The van der Waals surface area contributed by atoms with E-state index in [0.717, 1.165) is 44.9 Å². The SMILES string of the molecule is C[C@H](CCC(=O)O)C1CCC2C3C(O)C[C@@H]4C[C@@H](N)CC[C@]4(C)C3C[C@H](O)[C@@]21C. The summed E-state index contributed by atoms with van der Waals surface area (Å²) in [5, 5.41) is 31.9. The van der Waals surface area contributed by atoms with E-state index >= 15 is 0 Å². The topological polar surface area (TPSA) is 104 Å². The molecule has 29 heavy (non-hydrogen) atoms. The van der Waals surface area contributed by atoms with Gasteiger partial charge in [-0.1, -0.05) is 20.8 Å². The standard InChI is InChI=1S/C24H41NO4/c1-13(4-7-21(28)29)16-5-6-17-22-18(12-20(27)24(16,17)3)23(2)9-8-15(25)10-14(23)11-19(22)26/h13-20,22,26-27H,4-12,25H2,1-3H3,(H,28,29)/t13-,14+,15+,16?,17?,18?,19?,20+,22?,23+,24-/m1/s1. The molecule has 0 spiro atoms. The molecule has 0 aromatic heterocycles. The fourth-order valence-corrected chi connectivity index (χ4v) is 8.74. The summed E-state index contributed by atoms with van der Waals surface area (Å²) < 4.78 is 0. The molecule has 5 nitrogen and oxygen atoms in total. The zero-order valence-electron chi connectivity index (χ0n) is 18.4. The van der Waals surface area contributed by atoms with Gasteiger partial charge < -0.3 is 21.1 Å². The Morgan fingerprint density at radius 3 is 2.52 bits per heavy atom. The van der Waals surface area contributed by atoms with Crippen LogP contribution in [-0.4, -0.2) is 39.5 Å². The predicted octanol–water partition coefficient (Wildman–Crippen LogP) is 3.42. The van der Waals surface area contributed by atoms with Gasteiger partial charge in [-0.3, -0.25) is 4.79 Å². The molecule has 0 aromatic carbocycles. The van der Waals surface area contributed by atoms with Crippen LogP contribution in [0, 0.1) is 46.3 Å². The Labute approximate surface area is 175 Å². The number of rotatable bonds is 4. The fourth-order valence-electron chi connectivity index (χ4n) is 8.74. The van der Waals surface area contributed by atoms with Crippen molar-refractivity contribution >= 4 is 5.97 Å². The summed E-state index contributed by atoms with van der Waals surface area (Å²) in [6.45, 7) is 6.81. The van der Waals surface area contributed by atoms with Gasteiger partial charge >= 0.3 is 5.97 Å². The van der Waals surface area contributed by atoms with Gasteiger partial charge in [-0.25, -0.2) is 0 Å². The maximum Gasteiger partial charge on any atom is 0.303 e. The number of carbonyl (C=O) groups is 1. The van der Waals surface area contributed by atoms with E-state index in [2.05, 4.69) is 20.8 Å². The summed E-state index contributed by atoms with van der Waals surface area (Å²) in [5.41, 5.74) is 6.24. The van der Waals surface area contributed by atoms with Gasteiger partial charge in [0.05, 0.1) is 12.2 Å². The van der Waals surface area contributed by atoms with Crippen molar-refractivity contribution in [3.05, 3.63) is 0 Å². The zero-order chi connectivity index (χ0) is 21.1. The first-order valence-electron chi connectivity index (χ1n) is 11.9. The lowest BCUT2D eigenvalue weighted by atomic mass is 9.43. The van der Waals surface area contributed by atoms with E-state index in [1.54, 1.807) is 0 Å². The molecule has 4 fully saturated rings. The molecule has 0 heterocycles. The summed E-state index contributed by atoms with van der Waals surface area (Å²) in [4.78, 5) is 11.1. The number of aliphatic hydroxyl groups is 2.